The highest BCUT2D eigenvalue weighted by Gasteiger charge is 2.13. The van der Waals surface area contributed by atoms with Crippen molar-refractivity contribution < 1.29 is 14.3 Å². The van der Waals surface area contributed by atoms with Crippen molar-refractivity contribution in [1.29, 1.82) is 0 Å². The number of pyridine rings is 1. The molecule has 0 saturated heterocycles. The summed E-state index contributed by atoms with van der Waals surface area (Å²) in [6, 6.07) is 10.6. The number of nitrogens with zero attached hydrogens (tertiary/aromatic N) is 3. The lowest BCUT2D eigenvalue weighted by Crippen LogP contribution is -2.07. The first-order chi connectivity index (χ1) is 13.6. The summed E-state index contributed by atoms with van der Waals surface area (Å²) in [6.07, 6.45) is 3.44. The monoisotopic (exact) mass is 379 g/mol. The highest BCUT2D eigenvalue weighted by molar-refractivity contribution is 5.91. The number of anilines is 3. The number of nitrogens with one attached hydrogen (secondary N) is 2. The van der Waals surface area contributed by atoms with Crippen LogP contribution < -0.4 is 15.4 Å². The van der Waals surface area contributed by atoms with E-state index in [1.807, 2.05) is 25.1 Å². The molecule has 0 aliphatic heterocycles. The predicted molar refractivity (Wildman–Crippen MR) is 107 cm³/mol. The molecule has 2 N–H and O–H groups in total. The molecule has 2 aromatic heterocycles. The van der Waals surface area contributed by atoms with Gasteiger partial charge in [0.2, 0.25) is 5.95 Å². The van der Waals surface area contributed by atoms with E-state index in [9.17, 15) is 4.79 Å². The molecular weight excluding hydrogens is 358 g/mol. The van der Waals surface area contributed by atoms with Crippen molar-refractivity contribution in [2.24, 2.45) is 0 Å². The lowest BCUT2D eigenvalue weighted by atomic mass is 10.1. The fourth-order valence-corrected chi connectivity index (χ4v) is 2.60. The molecule has 2 heterocycles. The molecule has 3 aromatic rings. The Kier molecular flexibility index (Phi) is 6.01. The SMILES string of the molecule is CCNc1nc(Nc2cc(C(=O)OC)ccc2OC)cc(-c2cccnc2)n1. The number of carbonyl (C=O) groups excluding carboxylic acids is 1. The third kappa shape index (κ3) is 4.35. The molecule has 0 unspecified atom stereocenters. The molecule has 28 heavy (non-hydrogen) atoms. The van der Waals surface area contributed by atoms with Crippen LogP contribution in [0.4, 0.5) is 17.5 Å². The zero-order valence-corrected chi connectivity index (χ0v) is 15.9. The smallest absolute Gasteiger partial charge is 0.337 e. The van der Waals surface area contributed by atoms with Crippen LogP contribution in [0.5, 0.6) is 5.75 Å². The van der Waals surface area contributed by atoms with Gasteiger partial charge < -0.3 is 20.1 Å². The zero-order valence-electron chi connectivity index (χ0n) is 15.9. The second-order valence-electron chi connectivity index (χ2n) is 5.77. The van der Waals surface area contributed by atoms with Gasteiger partial charge in [0.25, 0.3) is 0 Å². The number of carbonyl (C=O) groups is 1. The molecule has 0 aliphatic carbocycles. The second kappa shape index (κ2) is 8.81. The molecule has 8 heteroatoms. The number of aromatic nitrogens is 3. The molecule has 8 nitrogen and oxygen atoms in total. The van der Waals surface area contributed by atoms with Gasteiger partial charge in [0.05, 0.1) is 31.2 Å². The van der Waals surface area contributed by atoms with Gasteiger partial charge in [0.15, 0.2) is 0 Å². The van der Waals surface area contributed by atoms with Crippen molar-refractivity contribution in [1.82, 2.24) is 15.0 Å². The van der Waals surface area contributed by atoms with Crippen LogP contribution in [0.25, 0.3) is 11.3 Å². The second-order valence-corrected chi connectivity index (χ2v) is 5.77. The topological polar surface area (TPSA) is 98.3 Å². The van der Waals surface area contributed by atoms with Crippen LogP contribution in [-0.2, 0) is 4.74 Å². The molecule has 0 radical (unpaired) electrons. The highest BCUT2D eigenvalue weighted by atomic mass is 16.5. The number of hydrogen-bond donors (Lipinski definition) is 2. The Labute approximate surface area is 163 Å². The number of ether oxygens (including phenoxy) is 2. The van der Waals surface area contributed by atoms with Crippen LogP contribution in [0.3, 0.4) is 0 Å². The maximum atomic E-state index is 11.9. The van der Waals surface area contributed by atoms with Crippen molar-refractivity contribution in [2.75, 3.05) is 31.4 Å². The van der Waals surface area contributed by atoms with Crippen LogP contribution in [0.2, 0.25) is 0 Å². The molecule has 0 amide bonds. The van der Waals surface area contributed by atoms with E-state index < -0.39 is 5.97 Å². The van der Waals surface area contributed by atoms with E-state index in [1.165, 1.54) is 7.11 Å². The van der Waals surface area contributed by atoms with Crippen LogP contribution in [0.15, 0.2) is 48.8 Å². The molecule has 3 rings (SSSR count). The number of esters is 1. The van der Waals surface area contributed by atoms with Gasteiger partial charge in [0.1, 0.15) is 11.6 Å². The number of benzene rings is 1. The van der Waals surface area contributed by atoms with Gasteiger partial charge in [0, 0.05) is 30.6 Å². The first-order valence-corrected chi connectivity index (χ1v) is 8.71. The van der Waals surface area contributed by atoms with Gasteiger partial charge in [-0.25, -0.2) is 9.78 Å². The van der Waals surface area contributed by atoms with Crippen LogP contribution >= 0.6 is 0 Å². The molecule has 0 fully saturated rings. The Morgan fingerprint density at radius 3 is 2.68 bits per heavy atom. The highest BCUT2D eigenvalue weighted by Crippen LogP contribution is 2.30. The molecule has 0 spiro atoms. The molecule has 1 aromatic carbocycles. The summed E-state index contributed by atoms with van der Waals surface area (Å²) in [7, 11) is 2.90. The van der Waals surface area contributed by atoms with Crippen LogP contribution in [0.1, 0.15) is 17.3 Å². The van der Waals surface area contributed by atoms with Crippen molar-refractivity contribution in [3.8, 4) is 17.0 Å². The Balaban J connectivity index is 2.01. The molecule has 0 bridgehead atoms. The molecule has 0 atom stereocenters. The fraction of sp³-hybridized carbons (Fsp3) is 0.200. The average Bonchev–Trinajstić information content (AvgIpc) is 2.74. The number of rotatable bonds is 7. The Hall–Kier alpha value is -3.68. The number of methoxy groups -OCH3 is 2. The first-order valence-electron chi connectivity index (χ1n) is 8.71. The number of hydrogen-bond acceptors (Lipinski definition) is 8. The van der Waals surface area contributed by atoms with Crippen molar-refractivity contribution in [3.63, 3.8) is 0 Å². The van der Waals surface area contributed by atoms with Crippen molar-refractivity contribution in [2.45, 2.75) is 6.92 Å². The van der Waals surface area contributed by atoms with Crippen molar-refractivity contribution >= 4 is 23.4 Å². The maximum absolute atomic E-state index is 11.9. The Bertz CT molecular complexity index is 963. The van der Waals surface area contributed by atoms with Crippen LogP contribution in [0, 0.1) is 0 Å². The molecule has 144 valence electrons. The van der Waals surface area contributed by atoms with Crippen LogP contribution in [-0.4, -0.2) is 41.7 Å². The molecular formula is C20H21N5O3. The third-order valence-electron chi connectivity index (χ3n) is 3.90. The first kappa shape index (κ1) is 19.1. The minimum atomic E-state index is -0.433. The fourth-order valence-electron chi connectivity index (χ4n) is 2.60. The van der Waals surface area contributed by atoms with Gasteiger partial charge in [-0.05, 0) is 37.3 Å². The van der Waals surface area contributed by atoms with E-state index in [0.717, 1.165) is 5.56 Å². The van der Waals surface area contributed by atoms with Gasteiger partial charge in [-0.15, -0.1) is 0 Å². The van der Waals surface area contributed by atoms with E-state index in [2.05, 4.69) is 25.6 Å². The normalized spacial score (nSPS) is 10.2. The van der Waals surface area contributed by atoms with E-state index in [0.29, 0.717) is 41.0 Å². The Morgan fingerprint density at radius 1 is 1.14 bits per heavy atom. The van der Waals surface area contributed by atoms with Gasteiger partial charge in [-0.2, -0.15) is 4.98 Å². The lowest BCUT2D eigenvalue weighted by Gasteiger charge is -2.14. The Morgan fingerprint density at radius 2 is 2.00 bits per heavy atom. The summed E-state index contributed by atoms with van der Waals surface area (Å²) >= 11 is 0. The summed E-state index contributed by atoms with van der Waals surface area (Å²) in [5, 5.41) is 6.33. The van der Waals surface area contributed by atoms with E-state index in [1.54, 1.807) is 37.7 Å². The maximum Gasteiger partial charge on any atom is 0.337 e. The quantitative estimate of drug-likeness (QED) is 0.602. The van der Waals surface area contributed by atoms with E-state index in [-0.39, 0.29) is 0 Å². The average molecular weight is 379 g/mol. The summed E-state index contributed by atoms with van der Waals surface area (Å²) in [4.78, 5) is 25.0. The minimum Gasteiger partial charge on any atom is -0.495 e. The molecule has 0 aliphatic rings. The van der Waals surface area contributed by atoms with Gasteiger partial charge in [-0.1, -0.05) is 0 Å². The third-order valence-corrected chi connectivity index (χ3v) is 3.90. The molecule has 0 saturated carbocycles. The standard InChI is InChI=1S/C20H21N5O3/c1-4-22-20-24-15(14-6-5-9-21-12-14)11-18(25-20)23-16-10-13(19(26)28-3)7-8-17(16)27-2/h5-12H,4H2,1-3H3,(H2,22,23,24,25). The lowest BCUT2D eigenvalue weighted by molar-refractivity contribution is 0.0600. The van der Waals surface area contributed by atoms with Gasteiger partial charge >= 0.3 is 5.97 Å². The van der Waals surface area contributed by atoms with E-state index in [4.69, 9.17) is 9.47 Å². The van der Waals surface area contributed by atoms with Crippen molar-refractivity contribution in [3.05, 3.63) is 54.4 Å². The van der Waals surface area contributed by atoms with E-state index >= 15 is 0 Å². The predicted octanol–water partition coefficient (Wildman–Crippen LogP) is 3.51. The summed E-state index contributed by atoms with van der Waals surface area (Å²) in [5.74, 6) is 1.16. The van der Waals surface area contributed by atoms with Gasteiger partial charge in [-0.3, -0.25) is 4.98 Å². The summed E-state index contributed by atoms with van der Waals surface area (Å²) in [6.45, 7) is 2.65. The zero-order chi connectivity index (χ0) is 19.9. The minimum absolute atomic E-state index is 0.402. The largest absolute Gasteiger partial charge is 0.495 e. The summed E-state index contributed by atoms with van der Waals surface area (Å²) in [5.41, 5.74) is 2.56. The summed E-state index contributed by atoms with van der Waals surface area (Å²) < 4.78 is 10.2.